The Morgan fingerprint density at radius 1 is 1.37 bits per heavy atom. The highest BCUT2D eigenvalue weighted by molar-refractivity contribution is 5.19. The van der Waals surface area contributed by atoms with E-state index in [4.69, 9.17) is 15.1 Å². The molecule has 0 saturated carbocycles. The zero-order chi connectivity index (χ0) is 13.5. The first-order valence-electron chi connectivity index (χ1n) is 6.84. The van der Waals surface area contributed by atoms with E-state index in [1.54, 1.807) is 0 Å². The van der Waals surface area contributed by atoms with Crippen molar-refractivity contribution in [3.63, 3.8) is 0 Å². The molecule has 0 amide bonds. The number of aliphatic hydroxyl groups is 1. The van der Waals surface area contributed by atoms with Crippen LogP contribution < -0.4 is 0 Å². The lowest BCUT2D eigenvalue weighted by atomic mass is 9.94. The molecule has 6 nitrogen and oxygen atoms in total. The molecular weight excluding hydrogens is 244 g/mol. The molecule has 0 aliphatic carbocycles. The molecule has 1 fully saturated rings. The van der Waals surface area contributed by atoms with Gasteiger partial charge in [0.2, 0.25) is 0 Å². The van der Waals surface area contributed by atoms with Gasteiger partial charge in [0, 0.05) is 32.3 Å². The zero-order valence-electron chi connectivity index (χ0n) is 11.1. The molecule has 0 bridgehead atoms. The van der Waals surface area contributed by atoms with Crippen molar-refractivity contribution in [2.45, 2.75) is 44.6 Å². The summed E-state index contributed by atoms with van der Waals surface area (Å²) in [4.78, 5) is 0. The number of rotatable bonds is 6. The monoisotopic (exact) mass is 264 g/mol. The van der Waals surface area contributed by atoms with Crippen LogP contribution in [0.15, 0.2) is 0 Å². The highest BCUT2D eigenvalue weighted by Crippen LogP contribution is 2.29. The van der Waals surface area contributed by atoms with Crippen molar-refractivity contribution in [1.29, 1.82) is 5.26 Å². The first-order valence-corrected chi connectivity index (χ1v) is 6.84. The second-order valence-electron chi connectivity index (χ2n) is 4.80. The lowest BCUT2D eigenvalue weighted by molar-refractivity contribution is 0.0832. The lowest BCUT2D eigenvalue weighted by Crippen LogP contribution is -2.19. The largest absolute Gasteiger partial charge is 0.396 e. The van der Waals surface area contributed by atoms with Gasteiger partial charge in [-0.15, -0.1) is 5.10 Å². The highest BCUT2D eigenvalue weighted by atomic mass is 16.5. The van der Waals surface area contributed by atoms with Crippen LogP contribution in [0.4, 0.5) is 0 Å². The number of aromatic nitrogens is 3. The van der Waals surface area contributed by atoms with E-state index in [1.807, 2.05) is 4.68 Å². The molecule has 104 valence electrons. The summed E-state index contributed by atoms with van der Waals surface area (Å²) in [7, 11) is 0. The molecule has 0 aromatic carbocycles. The van der Waals surface area contributed by atoms with Gasteiger partial charge in [-0.1, -0.05) is 5.21 Å². The van der Waals surface area contributed by atoms with Gasteiger partial charge in [-0.2, -0.15) is 5.26 Å². The number of ether oxygens (including phenoxy) is 1. The fraction of sp³-hybridized carbons (Fsp3) is 0.769. The maximum absolute atomic E-state index is 8.88. The molecule has 0 atom stereocenters. The molecule has 1 aliphatic heterocycles. The Morgan fingerprint density at radius 3 is 2.84 bits per heavy atom. The first kappa shape index (κ1) is 14.0. The molecule has 19 heavy (non-hydrogen) atoms. The number of hydrogen-bond acceptors (Lipinski definition) is 5. The van der Waals surface area contributed by atoms with Crippen LogP contribution in [0.3, 0.4) is 0 Å². The summed E-state index contributed by atoms with van der Waals surface area (Å²) in [6.45, 7) is 2.48. The Labute approximate surface area is 113 Å². The minimum absolute atomic E-state index is 0.201. The van der Waals surface area contributed by atoms with Gasteiger partial charge in [-0.05, 0) is 25.7 Å². The van der Waals surface area contributed by atoms with Crippen molar-refractivity contribution < 1.29 is 9.84 Å². The molecule has 1 aromatic rings. The van der Waals surface area contributed by atoms with Crippen molar-refractivity contribution in [2.24, 2.45) is 0 Å². The maximum Gasteiger partial charge on any atom is 0.100 e. The van der Waals surface area contributed by atoms with E-state index in [2.05, 4.69) is 16.4 Å². The van der Waals surface area contributed by atoms with Gasteiger partial charge in [0.25, 0.3) is 0 Å². The number of aliphatic hydroxyl groups excluding tert-OH is 1. The summed E-state index contributed by atoms with van der Waals surface area (Å²) in [5.41, 5.74) is 1.90. The van der Waals surface area contributed by atoms with Crippen molar-refractivity contribution in [3.8, 4) is 6.07 Å². The summed E-state index contributed by atoms with van der Waals surface area (Å²) in [6, 6.07) is 2.16. The number of nitriles is 1. The number of aryl methyl sites for hydroxylation is 1. The van der Waals surface area contributed by atoms with Crippen molar-refractivity contribution in [1.82, 2.24) is 15.0 Å². The predicted octanol–water partition coefficient (Wildman–Crippen LogP) is 1.01. The zero-order valence-corrected chi connectivity index (χ0v) is 11.1. The Morgan fingerprint density at radius 2 is 2.16 bits per heavy atom. The lowest BCUT2D eigenvalue weighted by Gasteiger charge is -2.23. The smallest absolute Gasteiger partial charge is 0.100 e. The fourth-order valence-corrected chi connectivity index (χ4v) is 2.51. The van der Waals surface area contributed by atoms with Gasteiger partial charge >= 0.3 is 0 Å². The maximum atomic E-state index is 8.88. The van der Waals surface area contributed by atoms with Crippen LogP contribution in [-0.4, -0.2) is 39.9 Å². The van der Waals surface area contributed by atoms with Crippen molar-refractivity contribution >= 4 is 0 Å². The molecule has 0 spiro atoms. The average Bonchev–Trinajstić information content (AvgIpc) is 2.84. The summed E-state index contributed by atoms with van der Waals surface area (Å²) in [5, 5.41) is 26.0. The quantitative estimate of drug-likeness (QED) is 0.775. The van der Waals surface area contributed by atoms with Gasteiger partial charge in [0.15, 0.2) is 0 Å². The number of nitrogens with zero attached hydrogens (tertiary/aromatic N) is 4. The van der Waals surface area contributed by atoms with E-state index in [0.717, 1.165) is 56.8 Å². The van der Waals surface area contributed by atoms with Gasteiger partial charge in [-0.3, -0.25) is 0 Å². The molecule has 1 saturated heterocycles. The molecular formula is C13H20N4O2. The van der Waals surface area contributed by atoms with Gasteiger partial charge in [0.1, 0.15) is 5.69 Å². The Hall–Kier alpha value is -1.45. The normalized spacial score (nSPS) is 16.4. The van der Waals surface area contributed by atoms with Gasteiger partial charge in [-0.25, -0.2) is 4.68 Å². The van der Waals surface area contributed by atoms with Gasteiger partial charge in [0.05, 0.1) is 18.2 Å². The first-order chi connectivity index (χ1) is 9.36. The van der Waals surface area contributed by atoms with Crippen LogP contribution in [0.2, 0.25) is 0 Å². The third-order valence-corrected chi connectivity index (χ3v) is 3.48. The predicted molar refractivity (Wildman–Crippen MR) is 68.5 cm³/mol. The topological polar surface area (TPSA) is 84.0 Å². The highest BCUT2D eigenvalue weighted by Gasteiger charge is 2.24. The van der Waals surface area contributed by atoms with Crippen LogP contribution >= 0.6 is 0 Å². The standard InChI is InChI=1S/C13H20N4O2/c14-6-3-12-13(11-4-9-19-10-5-11)17(16-15-12)7-1-2-8-18/h11,18H,1-5,7-10H2. The van der Waals surface area contributed by atoms with E-state index in [1.165, 1.54) is 0 Å². The van der Waals surface area contributed by atoms with Crippen molar-refractivity contribution in [2.75, 3.05) is 19.8 Å². The third kappa shape index (κ3) is 3.52. The Bertz CT molecular complexity index is 432. The second kappa shape index (κ2) is 7.22. The number of hydrogen-bond donors (Lipinski definition) is 1. The third-order valence-electron chi connectivity index (χ3n) is 3.48. The van der Waals surface area contributed by atoms with E-state index >= 15 is 0 Å². The molecule has 0 radical (unpaired) electrons. The van der Waals surface area contributed by atoms with Gasteiger partial charge < -0.3 is 9.84 Å². The van der Waals surface area contributed by atoms with E-state index in [0.29, 0.717) is 12.3 Å². The summed E-state index contributed by atoms with van der Waals surface area (Å²) in [6.07, 6.45) is 3.88. The van der Waals surface area contributed by atoms with Crippen LogP contribution in [0, 0.1) is 11.3 Å². The molecule has 1 aliphatic rings. The van der Waals surface area contributed by atoms with E-state index in [9.17, 15) is 0 Å². The van der Waals surface area contributed by atoms with E-state index in [-0.39, 0.29) is 6.61 Å². The van der Waals surface area contributed by atoms with Crippen LogP contribution in [0.5, 0.6) is 0 Å². The number of unbranched alkanes of at least 4 members (excludes halogenated alkanes) is 1. The summed E-state index contributed by atoms with van der Waals surface area (Å²) >= 11 is 0. The summed E-state index contributed by atoms with van der Waals surface area (Å²) in [5.74, 6) is 0.390. The second-order valence-corrected chi connectivity index (χ2v) is 4.80. The molecule has 6 heteroatoms. The molecule has 0 unspecified atom stereocenters. The van der Waals surface area contributed by atoms with E-state index < -0.39 is 0 Å². The van der Waals surface area contributed by atoms with Crippen LogP contribution in [0.1, 0.15) is 43.0 Å². The Kier molecular flexibility index (Phi) is 5.31. The van der Waals surface area contributed by atoms with Crippen LogP contribution in [-0.2, 0) is 17.7 Å². The average molecular weight is 264 g/mol. The minimum Gasteiger partial charge on any atom is -0.396 e. The molecule has 2 rings (SSSR count). The molecule has 2 heterocycles. The summed E-state index contributed by atoms with van der Waals surface area (Å²) < 4.78 is 7.30. The molecule has 1 aromatic heterocycles. The molecule has 1 N–H and O–H groups in total. The minimum atomic E-state index is 0.201. The SMILES string of the molecule is N#CCc1nnn(CCCCO)c1C1CCOCC1. The Balaban J connectivity index is 2.15. The van der Waals surface area contributed by atoms with Crippen molar-refractivity contribution in [3.05, 3.63) is 11.4 Å². The van der Waals surface area contributed by atoms with Crippen LogP contribution in [0.25, 0.3) is 0 Å². The fourth-order valence-electron chi connectivity index (χ4n) is 2.51.